The van der Waals surface area contributed by atoms with Gasteiger partial charge in [-0.1, -0.05) is 13.3 Å². The van der Waals surface area contributed by atoms with Crippen LogP contribution in [0.1, 0.15) is 24.6 Å². The number of rotatable bonds is 4. The minimum atomic E-state index is 0.758. The molecule has 18 heavy (non-hydrogen) atoms. The Bertz CT molecular complexity index is 650. The predicted octanol–water partition coefficient (Wildman–Crippen LogP) is 2.53. The number of nitrogens with zero attached hydrogens (tertiary/aromatic N) is 4. The van der Waals surface area contributed by atoms with Crippen molar-refractivity contribution in [2.45, 2.75) is 26.3 Å². The molecule has 3 rings (SSSR count). The summed E-state index contributed by atoms with van der Waals surface area (Å²) in [6.45, 7) is 3.03. The van der Waals surface area contributed by atoms with E-state index in [0.29, 0.717) is 0 Å². The monoisotopic (exact) mass is 240 g/mol. The summed E-state index contributed by atoms with van der Waals surface area (Å²) >= 11 is 0. The zero-order valence-electron chi connectivity index (χ0n) is 10.5. The topological polar surface area (TPSA) is 35.1 Å². The van der Waals surface area contributed by atoms with Gasteiger partial charge in [0.15, 0.2) is 0 Å². The highest BCUT2D eigenvalue weighted by atomic mass is 15.1. The van der Waals surface area contributed by atoms with Crippen molar-refractivity contribution >= 4 is 5.78 Å². The molecule has 0 fully saturated rings. The van der Waals surface area contributed by atoms with E-state index in [4.69, 9.17) is 0 Å². The highest BCUT2D eigenvalue weighted by molar-refractivity contribution is 5.30. The van der Waals surface area contributed by atoms with Crippen LogP contribution in [0.15, 0.2) is 43.1 Å². The summed E-state index contributed by atoms with van der Waals surface area (Å²) in [6.07, 6.45) is 12.3. The van der Waals surface area contributed by atoms with E-state index in [0.717, 1.165) is 24.4 Å². The first-order valence-electron chi connectivity index (χ1n) is 6.28. The van der Waals surface area contributed by atoms with Gasteiger partial charge in [-0.2, -0.15) is 0 Å². The lowest BCUT2D eigenvalue weighted by molar-refractivity contribution is 0.765. The van der Waals surface area contributed by atoms with Crippen molar-refractivity contribution in [3.8, 4) is 0 Å². The molecular formula is C14H16N4. The summed E-state index contributed by atoms with van der Waals surface area (Å²) in [4.78, 5) is 8.52. The molecule has 0 bridgehead atoms. The van der Waals surface area contributed by atoms with Gasteiger partial charge in [0.2, 0.25) is 5.78 Å². The van der Waals surface area contributed by atoms with Gasteiger partial charge >= 0.3 is 0 Å². The maximum absolute atomic E-state index is 4.30. The molecule has 3 aromatic rings. The Kier molecular flexibility index (Phi) is 2.84. The molecular weight excluding hydrogens is 224 g/mol. The standard InChI is InChI=1S/C14H16N4/c1-2-4-12-5-8-17(10-12)11-13-9-16-14-15-6-3-7-18(13)14/h3,5-10H,2,4,11H2,1H3. The van der Waals surface area contributed by atoms with E-state index in [-0.39, 0.29) is 0 Å². The first kappa shape index (κ1) is 11.0. The molecule has 0 atom stereocenters. The Labute approximate surface area is 106 Å². The van der Waals surface area contributed by atoms with Crippen LogP contribution < -0.4 is 0 Å². The summed E-state index contributed by atoms with van der Waals surface area (Å²) in [5.41, 5.74) is 2.54. The van der Waals surface area contributed by atoms with Gasteiger partial charge in [-0.3, -0.25) is 4.40 Å². The molecule has 0 radical (unpaired) electrons. The highest BCUT2D eigenvalue weighted by Crippen LogP contribution is 2.09. The normalized spacial score (nSPS) is 11.2. The first-order valence-corrected chi connectivity index (χ1v) is 6.28. The highest BCUT2D eigenvalue weighted by Gasteiger charge is 2.04. The van der Waals surface area contributed by atoms with Crippen molar-refractivity contribution in [3.05, 3.63) is 54.4 Å². The molecule has 0 amide bonds. The molecule has 92 valence electrons. The average Bonchev–Trinajstić information content (AvgIpc) is 2.99. The molecule has 0 unspecified atom stereocenters. The van der Waals surface area contributed by atoms with Crippen LogP contribution in [0, 0.1) is 0 Å². The molecule has 3 heterocycles. The molecule has 0 aliphatic heterocycles. The third-order valence-corrected chi connectivity index (χ3v) is 3.06. The molecule has 0 saturated carbocycles. The van der Waals surface area contributed by atoms with Crippen molar-refractivity contribution in [2.24, 2.45) is 0 Å². The Morgan fingerprint density at radius 1 is 1.22 bits per heavy atom. The quantitative estimate of drug-likeness (QED) is 0.702. The van der Waals surface area contributed by atoms with Crippen molar-refractivity contribution < 1.29 is 0 Å². The van der Waals surface area contributed by atoms with E-state index in [1.807, 2.05) is 22.9 Å². The molecule has 3 aromatic heterocycles. The van der Waals surface area contributed by atoms with E-state index >= 15 is 0 Å². The second-order valence-electron chi connectivity index (χ2n) is 4.48. The van der Waals surface area contributed by atoms with Gasteiger partial charge in [-0.15, -0.1) is 0 Å². The van der Waals surface area contributed by atoms with Gasteiger partial charge in [0.25, 0.3) is 0 Å². The lowest BCUT2D eigenvalue weighted by Gasteiger charge is -2.02. The van der Waals surface area contributed by atoms with Gasteiger partial charge in [0.05, 0.1) is 18.4 Å². The van der Waals surface area contributed by atoms with Crippen LogP contribution in [0.4, 0.5) is 0 Å². The lowest BCUT2D eigenvalue weighted by atomic mass is 10.2. The number of aromatic nitrogens is 4. The minimum absolute atomic E-state index is 0.758. The lowest BCUT2D eigenvalue weighted by Crippen LogP contribution is -2.00. The molecule has 0 aromatic carbocycles. The minimum Gasteiger partial charge on any atom is -0.348 e. The smallest absolute Gasteiger partial charge is 0.233 e. The fourth-order valence-corrected chi connectivity index (χ4v) is 2.21. The fraction of sp³-hybridized carbons (Fsp3) is 0.286. The Morgan fingerprint density at radius 3 is 3.06 bits per heavy atom. The number of hydrogen-bond donors (Lipinski definition) is 0. The van der Waals surface area contributed by atoms with E-state index in [1.54, 1.807) is 6.20 Å². The molecule has 0 spiro atoms. The average molecular weight is 240 g/mol. The summed E-state index contributed by atoms with van der Waals surface area (Å²) < 4.78 is 4.22. The number of fused-ring (bicyclic) bond motifs is 1. The van der Waals surface area contributed by atoms with Gasteiger partial charge in [-0.05, 0) is 24.1 Å². The van der Waals surface area contributed by atoms with E-state index < -0.39 is 0 Å². The van der Waals surface area contributed by atoms with Gasteiger partial charge in [0.1, 0.15) is 0 Å². The summed E-state index contributed by atoms with van der Waals surface area (Å²) in [5.74, 6) is 0.758. The first-order chi connectivity index (χ1) is 8.86. The fourth-order valence-electron chi connectivity index (χ4n) is 2.21. The number of hydrogen-bond acceptors (Lipinski definition) is 2. The Balaban J connectivity index is 1.87. The van der Waals surface area contributed by atoms with Gasteiger partial charge in [0, 0.05) is 24.8 Å². The van der Waals surface area contributed by atoms with Gasteiger partial charge in [-0.25, -0.2) is 9.97 Å². The van der Waals surface area contributed by atoms with Crippen molar-refractivity contribution in [3.63, 3.8) is 0 Å². The van der Waals surface area contributed by atoms with Crippen molar-refractivity contribution in [2.75, 3.05) is 0 Å². The zero-order valence-corrected chi connectivity index (χ0v) is 10.5. The van der Waals surface area contributed by atoms with Gasteiger partial charge < -0.3 is 4.57 Å². The third kappa shape index (κ3) is 2.01. The van der Waals surface area contributed by atoms with Crippen LogP contribution in [0.25, 0.3) is 5.78 Å². The largest absolute Gasteiger partial charge is 0.348 e. The van der Waals surface area contributed by atoms with E-state index in [9.17, 15) is 0 Å². The Morgan fingerprint density at radius 2 is 2.17 bits per heavy atom. The Hall–Kier alpha value is -2.10. The number of imidazole rings is 1. The van der Waals surface area contributed by atoms with Crippen LogP contribution in [0.5, 0.6) is 0 Å². The van der Waals surface area contributed by atoms with E-state index in [1.165, 1.54) is 12.0 Å². The molecule has 0 aliphatic rings. The second kappa shape index (κ2) is 4.64. The third-order valence-electron chi connectivity index (χ3n) is 3.06. The number of aryl methyl sites for hydroxylation is 1. The second-order valence-corrected chi connectivity index (χ2v) is 4.48. The van der Waals surface area contributed by atoms with Crippen molar-refractivity contribution in [1.82, 2.24) is 18.9 Å². The van der Waals surface area contributed by atoms with Crippen LogP contribution in [-0.2, 0) is 13.0 Å². The van der Waals surface area contributed by atoms with Crippen LogP contribution >= 0.6 is 0 Å². The van der Waals surface area contributed by atoms with Crippen LogP contribution in [-0.4, -0.2) is 18.9 Å². The van der Waals surface area contributed by atoms with Crippen LogP contribution in [0.3, 0.4) is 0 Å². The summed E-state index contributed by atoms with van der Waals surface area (Å²) in [5, 5.41) is 0. The molecule has 0 aliphatic carbocycles. The summed E-state index contributed by atoms with van der Waals surface area (Å²) in [6, 6.07) is 4.11. The van der Waals surface area contributed by atoms with E-state index in [2.05, 4.69) is 39.9 Å². The molecule has 4 heteroatoms. The zero-order chi connectivity index (χ0) is 12.4. The SMILES string of the molecule is CCCc1ccn(Cc2cnc3ncccn23)c1. The maximum Gasteiger partial charge on any atom is 0.233 e. The van der Waals surface area contributed by atoms with Crippen LogP contribution in [0.2, 0.25) is 0 Å². The maximum atomic E-state index is 4.30. The summed E-state index contributed by atoms with van der Waals surface area (Å²) in [7, 11) is 0. The molecule has 4 nitrogen and oxygen atoms in total. The predicted molar refractivity (Wildman–Crippen MR) is 70.5 cm³/mol. The molecule has 0 saturated heterocycles. The van der Waals surface area contributed by atoms with Crippen molar-refractivity contribution in [1.29, 1.82) is 0 Å². The molecule has 0 N–H and O–H groups in total.